The van der Waals surface area contributed by atoms with Crippen LogP contribution in [0.4, 0.5) is 4.39 Å². The standard InChI is InChI=1S/C12H12ClFIN3O/c1-6(12(16)19)18-10-4-7(14)8(15)5-9(10)17-11(18)2-3-13/h4-6H,2-3H2,1H3,(H2,16,19). The highest BCUT2D eigenvalue weighted by atomic mass is 127. The Labute approximate surface area is 128 Å². The van der Waals surface area contributed by atoms with E-state index in [4.69, 9.17) is 17.3 Å². The average Bonchev–Trinajstić information content (AvgIpc) is 2.66. The van der Waals surface area contributed by atoms with Crippen LogP contribution in [0.2, 0.25) is 0 Å². The number of primary amides is 1. The van der Waals surface area contributed by atoms with Gasteiger partial charge in [-0.25, -0.2) is 9.37 Å². The largest absolute Gasteiger partial charge is 0.368 e. The summed E-state index contributed by atoms with van der Waals surface area (Å²) >= 11 is 7.64. The number of benzene rings is 1. The van der Waals surface area contributed by atoms with Gasteiger partial charge in [-0.3, -0.25) is 4.79 Å². The molecule has 0 saturated heterocycles. The third-order valence-corrected chi connectivity index (χ3v) is 3.94. The van der Waals surface area contributed by atoms with E-state index in [1.54, 1.807) is 17.6 Å². The number of imidazole rings is 1. The second-order valence-electron chi connectivity index (χ2n) is 4.17. The van der Waals surface area contributed by atoms with Crippen LogP contribution < -0.4 is 5.73 Å². The first-order chi connectivity index (χ1) is 8.95. The van der Waals surface area contributed by atoms with Crippen LogP contribution in [0.5, 0.6) is 0 Å². The number of fused-ring (bicyclic) bond motifs is 1. The zero-order valence-corrected chi connectivity index (χ0v) is 13.1. The van der Waals surface area contributed by atoms with Crippen LogP contribution in [0, 0.1) is 9.39 Å². The first-order valence-corrected chi connectivity index (χ1v) is 7.28. The van der Waals surface area contributed by atoms with Crippen molar-refractivity contribution in [2.24, 2.45) is 5.73 Å². The van der Waals surface area contributed by atoms with Gasteiger partial charge in [-0.2, -0.15) is 0 Å². The fourth-order valence-electron chi connectivity index (χ4n) is 1.96. The summed E-state index contributed by atoms with van der Waals surface area (Å²) in [5.41, 5.74) is 6.53. The lowest BCUT2D eigenvalue weighted by Gasteiger charge is -2.14. The fraction of sp³-hybridized carbons (Fsp3) is 0.333. The molecule has 1 aromatic carbocycles. The molecule has 0 radical (unpaired) electrons. The zero-order valence-electron chi connectivity index (χ0n) is 10.2. The number of aryl methyl sites for hydroxylation is 1. The van der Waals surface area contributed by atoms with E-state index in [2.05, 4.69) is 4.98 Å². The van der Waals surface area contributed by atoms with Crippen LogP contribution in [0.3, 0.4) is 0 Å². The number of nitrogens with two attached hydrogens (primary N) is 1. The Morgan fingerprint density at radius 2 is 2.32 bits per heavy atom. The van der Waals surface area contributed by atoms with Crippen LogP contribution in [-0.4, -0.2) is 21.3 Å². The third-order valence-electron chi connectivity index (χ3n) is 2.92. The minimum absolute atomic E-state index is 0.344. The van der Waals surface area contributed by atoms with E-state index >= 15 is 0 Å². The normalized spacial score (nSPS) is 12.8. The summed E-state index contributed by atoms with van der Waals surface area (Å²) in [6.07, 6.45) is 0.492. The Kier molecular flexibility index (Phi) is 4.29. The van der Waals surface area contributed by atoms with Gasteiger partial charge in [0, 0.05) is 18.4 Å². The maximum Gasteiger partial charge on any atom is 0.240 e. The summed E-state index contributed by atoms with van der Waals surface area (Å²) < 4.78 is 15.8. The summed E-state index contributed by atoms with van der Waals surface area (Å²) in [7, 11) is 0. The van der Waals surface area contributed by atoms with Gasteiger partial charge in [0.1, 0.15) is 17.7 Å². The van der Waals surface area contributed by atoms with Gasteiger partial charge in [0.25, 0.3) is 0 Å². The van der Waals surface area contributed by atoms with E-state index in [9.17, 15) is 9.18 Å². The molecule has 0 aliphatic heterocycles. The molecule has 4 nitrogen and oxygen atoms in total. The number of amides is 1. The highest BCUT2D eigenvalue weighted by molar-refractivity contribution is 14.1. The number of rotatable bonds is 4. The maximum absolute atomic E-state index is 13.7. The molecule has 1 aromatic heterocycles. The number of hydrogen-bond donors (Lipinski definition) is 1. The molecular formula is C12H12ClFIN3O. The molecule has 2 rings (SSSR count). The van der Waals surface area contributed by atoms with Gasteiger partial charge < -0.3 is 10.3 Å². The van der Waals surface area contributed by atoms with E-state index in [1.165, 1.54) is 6.07 Å². The van der Waals surface area contributed by atoms with Crippen molar-refractivity contribution < 1.29 is 9.18 Å². The van der Waals surface area contributed by atoms with Gasteiger partial charge in [0.2, 0.25) is 5.91 Å². The molecule has 1 unspecified atom stereocenters. The van der Waals surface area contributed by atoms with E-state index in [-0.39, 0.29) is 5.82 Å². The summed E-state index contributed by atoms with van der Waals surface area (Å²) in [6.45, 7) is 1.66. The second kappa shape index (κ2) is 5.62. The number of nitrogens with zero attached hydrogens (tertiary/aromatic N) is 2. The van der Waals surface area contributed by atoms with Gasteiger partial charge in [0.05, 0.1) is 14.6 Å². The molecule has 1 heterocycles. The number of hydrogen-bond acceptors (Lipinski definition) is 2. The first-order valence-electron chi connectivity index (χ1n) is 5.66. The van der Waals surface area contributed by atoms with Crippen molar-refractivity contribution in [1.29, 1.82) is 0 Å². The third kappa shape index (κ3) is 2.69. The quantitative estimate of drug-likeness (QED) is 0.639. The highest BCUT2D eigenvalue weighted by Crippen LogP contribution is 2.25. The van der Waals surface area contributed by atoms with Crippen molar-refractivity contribution in [1.82, 2.24) is 9.55 Å². The lowest BCUT2D eigenvalue weighted by molar-refractivity contribution is -0.120. The van der Waals surface area contributed by atoms with Gasteiger partial charge in [0.15, 0.2) is 0 Å². The van der Waals surface area contributed by atoms with Gasteiger partial charge >= 0.3 is 0 Å². The van der Waals surface area contributed by atoms with Crippen LogP contribution in [0.15, 0.2) is 12.1 Å². The van der Waals surface area contributed by atoms with E-state index in [1.807, 2.05) is 22.6 Å². The van der Waals surface area contributed by atoms with Gasteiger partial charge in [-0.05, 0) is 35.6 Å². The number of carbonyl (C=O) groups is 1. The number of alkyl halides is 1. The summed E-state index contributed by atoms with van der Waals surface area (Å²) in [6, 6.07) is 2.43. The van der Waals surface area contributed by atoms with E-state index in [0.29, 0.717) is 32.7 Å². The fourth-order valence-corrected chi connectivity index (χ4v) is 2.58. The van der Waals surface area contributed by atoms with Crippen molar-refractivity contribution in [2.75, 3.05) is 5.88 Å². The molecule has 19 heavy (non-hydrogen) atoms. The maximum atomic E-state index is 13.7. The minimum atomic E-state index is -0.595. The second-order valence-corrected chi connectivity index (χ2v) is 5.71. The Hall–Kier alpha value is -0.890. The molecule has 1 amide bonds. The molecule has 0 fully saturated rings. The van der Waals surface area contributed by atoms with Crippen molar-refractivity contribution in [3.8, 4) is 0 Å². The highest BCUT2D eigenvalue weighted by Gasteiger charge is 2.20. The zero-order chi connectivity index (χ0) is 14.2. The summed E-state index contributed by atoms with van der Waals surface area (Å²) in [4.78, 5) is 15.8. The van der Waals surface area contributed by atoms with Crippen LogP contribution >= 0.6 is 34.2 Å². The Morgan fingerprint density at radius 1 is 1.63 bits per heavy atom. The lowest BCUT2D eigenvalue weighted by Crippen LogP contribution is -2.25. The molecule has 0 spiro atoms. The predicted octanol–water partition coefficient (Wildman–Crippen LogP) is 2.61. The van der Waals surface area contributed by atoms with E-state index < -0.39 is 11.9 Å². The SMILES string of the molecule is CC(C(N)=O)n1c(CCCl)nc2cc(I)c(F)cc21. The first kappa shape index (κ1) is 14.5. The lowest BCUT2D eigenvalue weighted by atomic mass is 10.2. The van der Waals surface area contributed by atoms with Gasteiger partial charge in [-0.15, -0.1) is 11.6 Å². The van der Waals surface area contributed by atoms with Crippen LogP contribution in [0.25, 0.3) is 11.0 Å². The van der Waals surface area contributed by atoms with Crippen molar-refractivity contribution in [3.05, 3.63) is 27.3 Å². The predicted molar refractivity (Wildman–Crippen MR) is 80.7 cm³/mol. The minimum Gasteiger partial charge on any atom is -0.368 e. The molecule has 7 heteroatoms. The molecule has 2 aromatic rings. The number of aromatic nitrogens is 2. The molecule has 102 valence electrons. The molecule has 2 N–H and O–H groups in total. The van der Waals surface area contributed by atoms with Gasteiger partial charge in [-0.1, -0.05) is 0 Å². The monoisotopic (exact) mass is 395 g/mol. The molecule has 0 aliphatic rings. The summed E-state index contributed by atoms with van der Waals surface area (Å²) in [5, 5.41) is 0. The number of carbonyl (C=O) groups excluding carboxylic acids is 1. The molecule has 0 saturated carbocycles. The topological polar surface area (TPSA) is 60.9 Å². The van der Waals surface area contributed by atoms with E-state index in [0.717, 1.165) is 0 Å². The number of halogens is 3. The molecule has 0 aliphatic carbocycles. The van der Waals surface area contributed by atoms with Crippen LogP contribution in [0.1, 0.15) is 18.8 Å². The smallest absolute Gasteiger partial charge is 0.240 e. The summed E-state index contributed by atoms with van der Waals surface area (Å²) in [5.74, 6) is 0.170. The molecule has 0 bridgehead atoms. The molecular weight excluding hydrogens is 384 g/mol. The van der Waals surface area contributed by atoms with Crippen molar-refractivity contribution >= 4 is 51.1 Å². The Bertz CT molecular complexity index is 643. The van der Waals surface area contributed by atoms with Crippen molar-refractivity contribution in [3.63, 3.8) is 0 Å². The Balaban J connectivity index is 2.72. The average molecular weight is 396 g/mol. The molecule has 1 atom stereocenters. The van der Waals surface area contributed by atoms with Crippen molar-refractivity contribution in [2.45, 2.75) is 19.4 Å². The van der Waals surface area contributed by atoms with Crippen LogP contribution in [-0.2, 0) is 11.2 Å². The Morgan fingerprint density at radius 3 is 2.89 bits per heavy atom.